The molecule has 10 nitrogen and oxygen atoms in total. The highest BCUT2D eigenvalue weighted by Gasteiger charge is 2.33. The number of imidazole rings is 1. The van der Waals surface area contributed by atoms with Crippen molar-refractivity contribution in [1.29, 1.82) is 0 Å². The SMILES string of the molecule is O=C(O)Cn1c(=O)n(C2CCN(S(=O)(=O)c3cccc4cccnc34)CC2)c2ncccc21. The molecule has 5 rings (SSSR count). The van der Waals surface area contributed by atoms with Crippen LogP contribution in [0.25, 0.3) is 22.1 Å². The van der Waals surface area contributed by atoms with Crippen LogP contribution in [0.4, 0.5) is 0 Å². The number of carboxylic acids is 1. The second kappa shape index (κ2) is 8.09. The lowest BCUT2D eigenvalue weighted by Gasteiger charge is -2.31. The van der Waals surface area contributed by atoms with E-state index in [1.165, 1.54) is 13.4 Å². The molecule has 1 fully saturated rings. The molecule has 0 aliphatic carbocycles. The second-order valence-electron chi connectivity index (χ2n) is 7.95. The molecule has 4 heterocycles. The Balaban J connectivity index is 1.45. The minimum Gasteiger partial charge on any atom is -0.480 e. The van der Waals surface area contributed by atoms with Gasteiger partial charge in [-0.25, -0.2) is 18.2 Å². The van der Waals surface area contributed by atoms with E-state index in [0.29, 0.717) is 29.5 Å². The normalized spacial score (nSPS) is 15.9. The summed E-state index contributed by atoms with van der Waals surface area (Å²) < 4.78 is 30.9. The maximum absolute atomic E-state index is 13.4. The van der Waals surface area contributed by atoms with E-state index in [1.807, 2.05) is 12.1 Å². The topological polar surface area (TPSA) is 127 Å². The molecule has 1 aliphatic rings. The van der Waals surface area contributed by atoms with Gasteiger partial charge in [0.25, 0.3) is 0 Å². The number of aliphatic carboxylic acids is 1. The Morgan fingerprint density at radius 2 is 1.73 bits per heavy atom. The molecule has 33 heavy (non-hydrogen) atoms. The van der Waals surface area contributed by atoms with Crippen molar-refractivity contribution in [3.63, 3.8) is 0 Å². The first-order chi connectivity index (χ1) is 15.9. The predicted molar refractivity (Wildman–Crippen MR) is 120 cm³/mol. The molecule has 4 aromatic rings. The fourth-order valence-electron chi connectivity index (χ4n) is 4.49. The van der Waals surface area contributed by atoms with Crippen LogP contribution >= 0.6 is 0 Å². The Morgan fingerprint density at radius 1 is 1.03 bits per heavy atom. The van der Waals surface area contributed by atoms with Gasteiger partial charge in [0.1, 0.15) is 11.4 Å². The number of benzene rings is 1. The standard InChI is InChI=1S/C22H21N5O5S/c28-19(29)14-26-17-6-3-11-24-21(17)27(22(26)30)16-8-12-25(13-9-16)33(31,32)18-7-1-4-15-5-2-10-23-20(15)18/h1-7,10-11,16H,8-9,12-14H2,(H,28,29). The highest BCUT2D eigenvalue weighted by molar-refractivity contribution is 7.89. The van der Waals surface area contributed by atoms with Crippen molar-refractivity contribution >= 4 is 38.1 Å². The lowest BCUT2D eigenvalue weighted by molar-refractivity contribution is -0.137. The monoisotopic (exact) mass is 467 g/mol. The number of nitrogens with zero attached hydrogens (tertiary/aromatic N) is 5. The summed E-state index contributed by atoms with van der Waals surface area (Å²) in [6.45, 7) is -0.0163. The van der Waals surface area contributed by atoms with Crippen molar-refractivity contribution < 1.29 is 18.3 Å². The number of hydrogen-bond donors (Lipinski definition) is 1. The zero-order valence-electron chi connectivity index (χ0n) is 17.5. The zero-order chi connectivity index (χ0) is 23.2. The van der Waals surface area contributed by atoms with Gasteiger partial charge in [0, 0.05) is 36.9 Å². The number of carbonyl (C=O) groups is 1. The average Bonchev–Trinajstić information content (AvgIpc) is 3.09. The van der Waals surface area contributed by atoms with Gasteiger partial charge in [-0.05, 0) is 37.1 Å². The molecular formula is C22H21N5O5S. The van der Waals surface area contributed by atoms with Crippen LogP contribution in [0.15, 0.2) is 64.5 Å². The van der Waals surface area contributed by atoms with E-state index in [9.17, 15) is 23.1 Å². The molecule has 170 valence electrons. The van der Waals surface area contributed by atoms with Crippen LogP contribution in [0.2, 0.25) is 0 Å². The minimum atomic E-state index is -3.77. The number of hydrogen-bond acceptors (Lipinski definition) is 6. The van der Waals surface area contributed by atoms with Crippen molar-refractivity contribution in [3.05, 3.63) is 65.3 Å². The van der Waals surface area contributed by atoms with Gasteiger partial charge in [0.2, 0.25) is 10.0 Å². The first-order valence-electron chi connectivity index (χ1n) is 10.5. The number of sulfonamides is 1. The number of para-hydroxylation sites is 1. The number of pyridine rings is 2. The summed E-state index contributed by atoms with van der Waals surface area (Å²) in [7, 11) is -3.77. The van der Waals surface area contributed by atoms with Gasteiger partial charge < -0.3 is 5.11 Å². The van der Waals surface area contributed by atoms with E-state index >= 15 is 0 Å². The van der Waals surface area contributed by atoms with Gasteiger partial charge in [-0.3, -0.25) is 18.9 Å². The Hall–Kier alpha value is -3.57. The molecule has 0 saturated carbocycles. The molecule has 1 N–H and O–H groups in total. The van der Waals surface area contributed by atoms with E-state index < -0.39 is 28.2 Å². The van der Waals surface area contributed by atoms with Crippen LogP contribution in [0.1, 0.15) is 18.9 Å². The maximum atomic E-state index is 13.4. The third kappa shape index (κ3) is 3.58. The molecule has 0 amide bonds. The van der Waals surface area contributed by atoms with Crippen molar-refractivity contribution in [2.75, 3.05) is 13.1 Å². The summed E-state index contributed by atoms with van der Waals surface area (Å²) in [4.78, 5) is 33.0. The molecule has 1 aliphatic heterocycles. The van der Waals surface area contributed by atoms with Gasteiger partial charge in [-0.1, -0.05) is 18.2 Å². The van der Waals surface area contributed by atoms with Crippen molar-refractivity contribution in [2.24, 2.45) is 0 Å². The summed E-state index contributed by atoms with van der Waals surface area (Å²) in [5, 5.41) is 9.96. The van der Waals surface area contributed by atoms with Crippen LogP contribution in [0.3, 0.4) is 0 Å². The number of rotatable bonds is 5. The van der Waals surface area contributed by atoms with Crippen LogP contribution in [0.5, 0.6) is 0 Å². The van der Waals surface area contributed by atoms with E-state index in [1.54, 1.807) is 42.7 Å². The molecule has 0 unspecified atom stereocenters. The Morgan fingerprint density at radius 3 is 2.48 bits per heavy atom. The quantitative estimate of drug-likeness (QED) is 0.474. The van der Waals surface area contributed by atoms with Crippen molar-refractivity contribution in [2.45, 2.75) is 30.3 Å². The van der Waals surface area contributed by atoms with Crippen LogP contribution in [0, 0.1) is 0 Å². The third-order valence-corrected chi connectivity index (χ3v) is 7.95. The average molecular weight is 468 g/mol. The van der Waals surface area contributed by atoms with E-state index in [0.717, 1.165) is 5.39 Å². The molecule has 11 heteroatoms. The maximum Gasteiger partial charge on any atom is 0.331 e. The fourth-order valence-corrected chi connectivity index (χ4v) is 6.12. The largest absolute Gasteiger partial charge is 0.480 e. The van der Waals surface area contributed by atoms with E-state index in [2.05, 4.69) is 9.97 Å². The van der Waals surface area contributed by atoms with E-state index in [4.69, 9.17) is 0 Å². The summed E-state index contributed by atoms with van der Waals surface area (Å²) >= 11 is 0. The molecule has 1 saturated heterocycles. The molecule has 0 spiro atoms. The Kier molecular flexibility index (Phi) is 5.22. The highest BCUT2D eigenvalue weighted by Crippen LogP contribution is 2.30. The van der Waals surface area contributed by atoms with Crippen LogP contribution < -0.4 is 5.69 Å². The molecular weight excluding hydrogens is 446 g/mol. The molecule has 3 aromatic heterocycles. The number of aromatic nitrogens is 4. The number of piperidine rings is 1. The first kappa shape index (κ1) is 21.3. The van der Waals surface area contributed by atoms with Crippen LogP contribution in [-0.2, 0) is 21.4 Å². The lowest BCUT2D eigenvalue weighted by atomic mass is 10.1. The summed E-state index contributed by atoms with van der Waals surface area (Å²) in [5.74, 6) is -1.12. The van der Waals surface area contributed by atoms with Crippen molar-refractivity contribution in [1.82, 2.24) is 23.4 Å². The van der Waals surface area contributed by atoms with Gasteiger partial charge in [0.05, 0.1) is 11.0 Å². The Labute approximate surface area is 188 Å². The lowest BCUT2D eigenvalue weighted by Crippen LogP contribution is -2.41. The van der Waals surface area contributed by atoms with Gasteiger partial charge in [-0.2, -0.15) is 4.31 Å². The highest BCUT2D eigenvalue weighted by atomic mass is 32.2. The van der Waals surface area contributed by atoms with E-state index in [-0.39, 0.29) is 24.0 Å². The van der Waals surface area contributed by atoms with Crippen molar-refractivity contribution in [3.8, 4) is 0 Å². The minimum absolute atomic E-state index is 0.163. The predicted octanol–water partition coefficient (Wildman–Crippen LogP) is 1.86. The second-order valence-corrected chi connectivity index (χ2v) is 9.85. The van der Waals surface area contributed by atoms with Gasteiger partial charge in [0.15, 0.2) is 5.65 Å². The first-order valence-corrected chi connectivity index (χ1v) is 11.9. The number of carboxylic acid groups (broad SMARTS) is 1. The smallest absolute Gasteiger partial charge is 0.331 e. The zero-order valence-corrected chi connectivity index (χ0v) is 18.4. The third-order valence-electron chi connectivity index (χ3n) is 6.02. The summed E-state index contributed by atoms with van der Waals surface area (Å²) in [6, 6.07) is 11.7. The van der Waals surface area contributed by atoms with Gasteiger partial charge in [-0.15, -0.1) is 0 Å². The van der Waals surface area contributed by atoms with Gasteiger partial charge >= 0.3 is 11.7 Å². The molecule has 0 bridgehead atoms. The summed E-state index contributed by atoms with van der Waals surface area (Å²) in [6.07, 6.45) is 3.93. The number of fused-ring (bicyclic) bond motifs is 2. The molecule has 0 atom stereocenters. The summed E-state index contributed by atoms with van der Waals surface area (Å²) in [5.41, 5.74) is 0.829. The molecule has 0 radical (unpaired) electrons. The molecule has 1 aromatic carbocycles. The fraction of sp³-hybridized carbons (Fsp3) is 0.273. The van der Waals surface area contributed by atoms with Crippen LogP contribution in [-0.4, -0.2) is 56.0 Å². The Bertz CT molecular complexity index is 1530.